The maximum absolute atomic E-state index is 12.7. The van der Waals surface area contributed by atoms with Gasteiger partial charge in [0.1, 0.15) is 5.56 Å². The summed E-state index contributed by atoms with van der Waals surface area (Å²) in [6.45, 7) is 1.52. The highest BCUT2D eigenvalue weighted by molar-refractivity contribution is 6.20. The smallest absolute Gasteiger partial charge is 0.341 e. The molecule has 2 fully saturated rings. The van der Waals surface area contributed by atoms with Gasteiger partial charge in [0.05, 0.1) is 29.2 Å². The van der Waals surface area contributed by atoms with Gasteiger partial charge in [-0.25, -0.2) is 4.79 Å². The molecule has 1 aliphatic heterocycles. The second-order valence-corrected chi connectivity index (χ2v) is 7.77. The monoisotopic (exact) mass is 391 g/mol. The van der Waals surface area contributed by atoms with Crippen LogP contribution in [0.1, 0.15) is 35.7 Å². The number of methoxy groups -OCH3 is 1. The molecule has 0 radical (unpaired) electrons. The number of anilines is 1. The number of fused-ring (bicyclic) bond motifs is 1. The van der Waals surface area contributed by atoms with E-state index in [0.717, 1.165) is 31.5 Å². The number of aromatic nitrogens is 1. The van der Waals surface area contributed by atoms with Crippen LogP contribution in [0.3, 0.4) is 0 Å². The fourth-order valence-corrected chi connectivity index (χ4v) is 4.12. The van der Waals surface area contributed by atoms with E-state index in [4.69, 9.17) is 22.1 Å². The van der Waals surface area contributed by atoms with Gasteiger partial charge in [-0.1, -0.05) is 0 Å². The molecule has 1 saturated carbocycles. The molecule has 1 aliphatic carbocycles. The van der Waals surface area contributed by atoms with E-state index >= 15 is 0 Å². The van der Waals surface area contributed by atoms with Crippen molar-refractivity contribution < 1.29 is 14.6 Å². The molecule has 1 saturated heterocycles. The molecule has 4 rings (SSSR count). The fraction of sp³-hybridized carbons (Fsp3) is 0.474. The van der Waals surface area contributed by atoms with Gasteiger partial charge in [-0.2, -0.15) is 0 Å². The number of halogens is 1. The van der Waals surface area contributed by atoms with E-state index in [-0.39, 0.29) is 17.5 Å². The van der Waals surface area contributed by atoms with Crippen LogP contribution in [-0.4, -0.2) is 41.3 Å². The molecule has 2 aromatic rings. The lowest BCUT2D eigenvalue weighted by Gasteiger charge is -2.24. The van der Waals surface area contributed by atoms with Gasteiger partial charge in [-0.3, -0.25) is 4.79 Å². The number of carbonyl (C=O) groups is 1. The Balaban J connectivity index is 1.91. The van der Waals surface area contributed by atoms with Crippen LogP contribution >= 0.6 is 11.6 Å². The van der Waals surface area contributed by atoms with Crippen molar-refractivity contribution in [2.75, 3.05) is 25.1 Å². The average Bonchev–Trinajstić information content (AvgIpc) is 3.36. The average molecular weight is 392 g/mol. The van der Waals surface area contributed by atoms with E-state index in [1.807, 2.05) is 10.6 Å². The number of ether oxygens (including phenoxy) is 1. The number of pyridine rings is 1. The van der Waals surface area contributed by atoms with Crippen molar-refractivity contribution in [1.82, 2.24) is 4.57 Å². The fourth-order valence-electron chi connectivity index (χ4n) is 3.92. The number of hydrogen-bond donors (Lipinski definition) is 2. The quantitative estimate of drug-likeness (QED) is 0.600. The number of carboxylic acid groups (broad SMARTS) is 1. The highest BCUT2D eigenvalue weighted by atomic mass is 35.5. The maximum Gasteiger partial charge on any atom is 0.341 e. The van der Waals surface area contributed by atoms with Crippen LogP contribution in [0, 0.1) is 5.92 Å². The second-order valence-electron chi connectivity index (χ2n) is 7.27. The molecule has 8 heteroatoms. The van der Waals surface area contributed by atoms with Crippen LogP contribution in [0.5, 0.6) is 5.75 Å². The SMILES string of the molecule is COc1c(N2CC[C@@H](C(N)Cl)C2)ccc2c(=O)c(C(=O)O)cn(C3CC3)c12. The number of benzene rings is 1. The number of aromatic carboxylic acids is 1. The highest BCUT2D eigenvalue weighted by Gasteiger charge is 2.32. The summed E-state index contributed by atoms with van der Waals surface area (Å²) in [7, 11) is 1.58. The molecule has 0 amide bonds. The Morgan fingerprint density at radius 1 is 1.37 bits per heavy atom. The van der Waals surface area contributed by atoms with E-state index in [2.05, 4.69) is 4.90 Å². The van der Waals surface area contributed by atoms with Crippen LogP contribution in [0.25, 0.3) is 10.9 Å². The first kappa shape index (κ1) is 18.1. The van der Waals surface area contributed by atoms with Gasteiger partial charge in [0.25, 0.3) is 0 Å². The number of nitrogens with zero attached hydrogens (tertiary/aromatic N) is 2. The summed E-state index contributed by atoms with van der Waals surface area (Å²) in [6, 6.07) is 3.72. The van der Waals surface area contributed by atoms with Gasteiger partial charge in [0.2, 0.25) is 5.43 Å². The molecule has 3 N–H and O–H groups in total. The number of nitrogens with two attached hydrogens (primary N) is 1. The van der Waals surface area contributed by atoms with Crippen molar-refractivity contribution in [2.24, 2.45) is 11.7 Å². The summed E-state index contributed by atoms with van der Waals surface area (Å²) >= 11 is 6.07. The Labute approximate surface area is 161 Å². The zero-order chi connectivity index (χ0) is 19.3. The van der Waals surface area contributed by atoms with Gasteiger partial charge < -0.3 is 25.0 Å². The molecular weight excluding hydrogens is 370 g/mol. The van der Waals surface area contributed by atoms with Crippen molar-refractivity contribution in [1.29, 1.82) is 0 Å². The third-order valence-electron chi connectivity index (χ3n) is 5.52. The Morgan fingerprint density at radius 2 is 2.11 bits per heavy atom. The zero-order valence-electron chi connectivity index (χ0n) is 15.0. The van der Waals surface area contributed by atoms with E-state index in [1.165, 1.54) is 6.20 Å². The lowest BCUT2D eigenvalue weighted by molar-refractivity contribution is 0.0695. The van der Waals surface area contributed by atoms with Crippen LogP contribution < -0.4 is 20.8 Å². The lowest BCUT2D eigenvalue weighted by atomic mass is 10.1. The van der Waals surface area contributed by atoms with Gasteiger partial charge in [0.15, 0.2) is 5.75 Å². The third-order valence-corrected chi connectivity index (χ3v) is 5.87. The molecule has 144 valence electrons. The van der Waals surface area contributed by atoms with Crippen molar-refractivity contribution in [3.8, 4) is 5.75 Å². The standard InChI is InChI=1S/C19H22ClN3O4/c1-27-17-14(22-7-6-10(8-22)18(20)21)5-4-12-15(17)23(11-2-3-11)9-13(16(12)24)19(25)26/h4-5,9-11,18H,2-3,6-8,21H2,1H3,(H,25,26)/t10-,18?/m1/s1. The van der Waals surface area contributed by atoms with E-state index in [1.54, 1.807) is 13.2 Å². The first-order valence-electron chi connectivity index (χ1n) is 9.06. The molecule has 7 nitrogen and oxygen atoms in total. The molecule has 0 spiro atoms. The van der Waals surface area contributed by atoms with Crippen LogP contribution in [0.2, 0.25) is 0 Å². The van der Waals surface area contributed by atoms with E-state index in [9.17, 15) is 14.7 Å². The van der Waals surface area contributed by atoms with Crippen LogP contribution in [0.4, 0.5) is 5.69 Å². The highest BCUT2D eigenvalue weighted by Crippen LogP contribution is 2.43. The molecule has 0 bridgehead atoms. The summed E-state index contributed by atoms with van der Waals surface area (Å²) in [5.41, 5.74) is 6.28. The molecule has 1 unspecified atom stereocenters. The minimum atomic E-state index is -1.21. The predicted octanol–water partition coefficient (Wildman–Crippen LogP) is 2.39. The Hall–Kier alpha value is -2.25. The van der Waals surface area contributed by atoms with Crippen molar-refractivity contribution in [3.05, 3.63) is 34.1 Å². The molecule has 1 aromatic heterocycles. The summed E-state index contributed by atoms with van der Waals surface area (Å²) in [4.78, 5) is 26.4. The molecule has 2 aliphatic rings. The molecule has 1 aromatic carbocycles. The largest absolute Gasteiger partial charge is 0.492 e. The van der Waals surface area contributed by atoms with Gasteiger partial charge in [-0.05, 0) is 31.4 Å². The minimum Gasteiger partial charge on any atom is -0.492 e. The normalized spacial score (nSPS) is 20.9. The molecule has 2 atom stereocenters. The summed E-state index contributed by atoms with van der Waals surface area (Å²) in [5, 5.41) is 9.78. The summed E-state index contributed by atoms with van der Waals surface area (Å²) in [5.74, 6) is -0.429. The van der Waals surface area contributed by atoms with Crippen LogP contribution in [0.15, 0.2) is 23.1 Å². The van der Waals surface area contributed by atoms with Crippen LogP contribution in [-0.2, 0) is 0 Å². The molecule has 2 heterocycles. The Bertz CT molecular complexity index is 968. The number of alkyl halides is 1. The lowest BCUT2D eigenvalue weighted by Crippen LogP contribution is -2.28. The number of hydrogen-bond acceptors (Lipinski definition) is 5. The Kier molecular flexibility index (Phi) is 4.52. The van der Waals surface area contributed by atoms with Crippen molar-refractivity contribution >= 4 is 34.2 Å². The van der Waals surface area contributed by atoms with Gasteiger partial charge in [-0.15, -0.1) is 11.6 Å². The Morgan fingerprint density at radius 3 is 2.67 bits per heavy atom. The molecular formula is C19H22ClN3O4. The number of carboxylic acids is 1. The first-order valence-corrected chi connectivity index (χ1v) is 9.49. The second kappa shape index (κ2) is 6.73. The maximum atomic E-state index is 12.7. The topological polar surface area (TPSA) is 97.8 Å². The van der Waals surface area contributed by atoms with Gasteiger partial charge in [0, 0.05) is 31.2 Å². The van der Waals surface area contributed by atoms with Gasteiger partial charge >= 0.3 is 5.97 Å². The van der Waals surface area contributed by atoms with Crippen molar-refractivity contribution in [2.45, 2.75) is 30.8 Å². The van der Waals surface area contributed by atoms with E-state index < -0.39 is 16.9 Å². The van der Waals surface area contributed by atoms with E-state index in [0.29, 0.717) is 23.2 Å². The third kappa shape index (κ3) is 3.04. The first-order chi connectivity index (χ1) is 12.9. The molecule has 27 heavy (non-hydrogen) atoms. The predicted molar refractivity (Wildman–Crippen MR) is 104 cm³/mol. The zero-order valence-corrected chi connectivity index (χ0v) is 15.8. The number of rotatable bonds is 5. The minimum absolute atomic E-state index is 0.187. The van der Waals surface area contributed by atoms with Crippen molar-refractivity contribution in [3.63, 3.8) is 0 Å². The summed E-state index contributed by atoms with van der Waals surface area (Å²) < 4.78 is 7.62. The summed E-state index contributed by atoms with van der Waals surface area (Å²) in [6.07, 6.45) is 4.26.